The lowest BCUT2D eigenvalue weighted by atomic mass is 9.87. The van der Waals surface area contributed by atoms with Crippen molar-refractivity contribution in [2.75, 3.05) is 0 Å². The van der Waals surface area contributed by atoms with Gasteiger partial charge in [-0.05, 0) is 47.1 Å². The summed E-state index contributed by atoms with van der Waals surface area (Å²) in [6, 6.07) is 12.1. The normalized spacial score (nSPS) is 11.1. The Balaban J connectivity index is 1.54. The minimum absolute atomic E-state index is 0.109. The van der Waals surface area contributed by atoms with Gasteiger partial charge in [0.1, 0.15) is 5.69 Å². The van der Waals surface area contributed by atoms with Crippen molar-refractivity contribution in [2.45, 2.75) is 26.2 Å². The van der Waals surface area contributed by atoms with E-state index in [4.69, 9.17) is 4.42 Å². The second-order valence-corrected chi connectivity index (χ2v) is 8.33. The van der Waals surface area contributed by atoms with Crippen LogP contribution in [0, 0.1) is 11.8 Å². The van der Waals surface area contributed by atoms with E-state index in [2.05, 4.69) is 64.9 Å². The summed E-state index contributed by atoms with van der Waals surface area (Å²) in [5.74, 6) is 7.08. The first kappa shape index (κ1) is 18.1. The molecule has 0 unspecified atom stereocenters. The van der Waals surface area contributed by atoms with Crippen molar-refractivity contribution in [3.05, 3.63) is 71.1 Å². The quantitative estimate of drug-likeness (QED) is 0.456. The molecule has 5 nitrogen and oxygen atoms in total. The third kappa shape index (κ3) is 4.00. The Labute approximate surface area is 167 Å². The number of rotatable bonds is 2. The number of thiophene rings is 1. The second-order valence-electron chi connectivity index (χ2n) is 7.24. The van der Waals surface area contributed by atoms with Crippen molar-refractivity contribution >= 4 is 11.3 Å². The third-order valence-electron chi connectivity index (χ3n) is 4.12. The molecule has 0 aliphatic heterocycles. The van der Waals surface area contributed by atoms with Crippen LogP contribution < -0.4 is 0 Å². The van der Waals surface area contributed by atoms with Crippen LogP contribution in [0.4, 0.5) is 0 Å². The molecule has 0 saturated heterocycles. The molecule has 4 rings (SSSR count). The summed E-state index contributed by atoms with van der Waals surface area (Å²) in [6.07, 6.45) is 4.88. The van der Waals surface area contributed by atoms with E-state index < -0.39 is 0 Å². The standard InChI is InChI=1S/C22H18N4OS/c1-22(2,3)16-6-4-15(5-7-16)20-25-26-21(27-20)19-11-10-18(28-19)9-8-17-14-23-12-13-24-17/h4-7,10-14H,1-3H3. The van der Waals surface area contributed by atoms with Crippen molar-refractivity contribution in [3.8, 4) is 34.1 Å². The van der Waals surface area contributed by atoms with E-state index in [1.807, 2.05) is 24.3 Å². The van der Waals surface area contributed by atoms with Gasteiger partial charge in [-0.1, -0.05) is 32.9 Å². The highest BCUT2D eigenvalue weighted by Crippen LogP contribution is 2.30. The Bertz CT molecular complexity index is 1140. The molecule has 3 aromatic heterocycles. The Morgan fingerprint density at radius 2 is 1.68 bits per heavy atom. The molecular formula is C22H18N4OS. The number of hydrogen-bond acceptors (Lipinski definition) is 6. The van der Waals surface area contributed by atoms with Crippen LogP contribution >= 0.6 is 11.3 Å². The molecule has 4 aromatic rings. The van der Waals surface area contributed by atoms with E-state index in [9.17, 15) is 0 Å². The van der Waals surface area contributed by atoms with Gasteiger partial charge in [-0.25, -0.2) is 4.98 Å². The summed E-state index contributed by atoms with van der Waals surface area (Å²) in [5.41, 5.74) is 2.92. The molecule has 0 N–H and O–H groups in total. The monoisotopic (exact) mass is 386 g/mol. The summed E-state index contributed by atoms with van der Waals surface area (Å²) in [4.78, 5) is 9.93. The molecule has 138 valence electrons. The molecule has 1 aromatic carbocycles. The smallest absolute Gasteiger partial charge is 0.258 e. The summed E-state index contributed by atoms with van der Waals surface area (Å²) in [7, 11) is 0. The van der Waals surface area contributed by atoms with Crippen molar-refractivity contribution in [1.82, 2.24) is 20.2 Å². The van der Waals surface area contributed by atoms with Gasteiger partial charge >= 0.3 is 0 Å². The molecule has 0 amide bonds. The summed E-state index contributed by atoms with van der Waals surface area (Å²) >= 11 is 1.50. The molecule has 0 fully saturated rings. The van der Waals surface area contributed by atoms with E-state index in [0.717, 1.165) is 15.3 Å². The topological polar surface area (TPSA) is 64.7 Å². The first-order chi connectivity index (χ1) is 13.5. The van der Waals surface area contributed by atoms with Gasteiger partial charge in [0.25, 0.3) is 5.89 Å². The molecule has 0 saturated carbocycles. The van der Waals surface area contributed by atoms with Gasteiger partial charge in [0.15, 0.2) is 0 Å². The van der Waals surface area contributed by atoms with Crippen molar-refractivity contribution in [2.24, 2.45) is 0 Å². The van der Waals surface area contributed by atoms with E-state index in [1.54, 1.807) is 18.6 Å². The van der Waals surface area contributed by atoms with Crippen molar-refractivity contribution in [3.63, 3.8) is 0 Å². The molecule has 0 radical (unpaired) electrons. The second kappa shape index (κ2) is 7.37. The zero-order valence-corrected chi connectivity index (χ0v) is 16.6. The van der Waals surface area contributed by atoms with E-state index >= 15 is 0 Å². The van der Waals surface area contributed by atoms with Crippen molar-refractivity contribution < 1.29 is 4.42 Å². The highest BCUT2D eigenvalue weighted by molar-refractivity contribution is 7.15. The lowest BCUT2D eigenvalue weighted by molar-refractivity contribution is 0.583. The van der Waals surface area contributed by atoms with Crippen LogP contribution in [-0.4, -0.2) is 20.2 Å². The predicted octanol–water partition coefficient (Wildman–Crippen LogP) is 4.95. The highest BCUT2D eigenvalue weighted by Gasteiger charge is 2.15. The Hall–Kier alpha value is -3.30. The third-order valence-corrected chi connectivity index (χ3v) is 5.11. The number of benzene rings is 1. The largest absolute Gasteiger partial charge is 0.415 e. The first-order valence-corrected chi connectivity index (χ1v) is 9.63. The lowest BCUT2D eigenvalue weighted by Crippen LogP contribution is -2.10. The van der Waals surface area contributed by atoms with Gasteiger partial charge in [-0.2, -0.15) is 0 Å². The van der Waals surface area contributed by atoms with Gasteiger partial charge in [0, 0.05) is 18.0 Å². The van der Waals surface area contributed by atoms with Gasteiger partial charge in [-0.15, -0.1) is 21.5 Å². The van der Waals surface area contributed by atoms with Crippen LogP contribution in [0.2, 0.25) is 0 Å². The van der Waals surface area contributed by atoms with E-state index in [0.29, 0.717) is 17.5 Å². The maximum absolute atomic E-state index is 5.88. The first-order valence-electron chi connectivity index (χ1n) is 8.82. The zero-order valence-electron chi connectivity index (χ0n) is 15.8. The fourth-order valence-corrected chi connectivity index (χ4v) is 3.34. The molecule has 0 spiro atoms. The molecule has 3 heterocycles. The lowest BCUT2D eigenvalue weighted by Gasteiger charge is -2.18. The van der Waals surface area contributed by atoms with Gasteiger partial charge in [-0.3, -0.25) is 4.98 Å². The number of nitrogens with zero attached hydrogens (tertiary/aromatic N) is 4. The maximum atomic E-state index is 5.88. The highest BCUT2D eigenvalue weighted by atomic mass is 32.1. The SMILES string of the molecule is CC(C)(C)c1ccc(-c2nnc(-c3ccc(C#Cc4cnccn4)s3)o2)cc1. The number of hydrogen-bond donors (Lipinski definition) is 0. The van der Waals surface area contributed by atoms with E-state index in [-0.39, 0.29) is 5.41 Å². The fraction of sp³-hybridized carbons (Fsp3) is 0.182. The van der Waals surface area contributed by atoms with E-state index in [1.165, 1.54) is 16.9 Å². The van der Waals surface area contributed by atoms with Crippen molar-refractivity contribution in [1.29, 1.82) is 0 Å². The van der Waals surface area contributed by atoms with Gasteiger partial charge in [0.2, 0.25) is 5.89 Å². The molecule has 0 bridgehead atoms. The summed E-state index contributed by atoms with van der Waals surface area (Å²) in [5, 5.41) is 8.38. The summed E-state index contributed by atoms with van der Waals surface area (Å²) < 4.78 is 5.88. The predicted molar refractivity (Wildman–Crippen MR) is 110 cm³/mol. The van der Waals surface area contributed by atoms with Crippen LogP contribution in [0.5, 0.6) is 0 Å². The zero-order chi connectivity index (χ0) is 19.6. The Kier molecular flexibility index (Phi) is 4.76. The summed E-state index contributed by atoms with van der Waals surface area (Å²) in [6.45, 7) is 6.57. The molecule has 0 atom stereocenters. The molecule has 0 aliphatic carbocycles. The maximum Gasteiger partial charge on any atom is 0.258 e. The fourth-order valence-electron chi connectivity index (χ4n) is 2.56. The van der Waals surface area contributed by atoms with Crippen LogP contribution in [-0.2, 0) is 5.41 Å². The molecule has 0 aliphatic rings. The van der Waals surface area contributed by atoms with Crippen LogP contribution in [0.1, 0.15) is 36.9 Å². The van der Waals surface area contributed by atoms with Crippen LogP contribution in [0.25, 0.3) is 22.2 Å². The number of aromatic nitrogens is 4. The van der Waals surface area contributed by atoms with Crippen LogP contribution in [0.15, 0.2) is 59.4 Å². The Morgan fingerprint density at radius 3 is 2.39 bits per heavy atom. The molecule has 6 heteroatoms. The van der Waals surface area contributed by atoms with Gasteiger partial charge in [0.05, 0.1) is 16.0 Å². The molecular weight excluding hydrogens is 368 g/mol. The Morgan fingerprint density at radius 1 is 0.893 bits per heavy atom. The average molecular weight is 386 g/mol. The minimum Gasteiger partial charge on any atom is -0.415 e. The minimum atomic E-state index is 0.109. The average Bonchev–Trinajstić information content (AvgIpc) is 3.36. The molecule has 28 heavy (non-hydrogen) atoms. The van der Waals surface area contributed by atoms with Gasteiger partial charge < -0.3 is 4.42 Å². The van der Waals surface area contributed by atoms with Crippen LogP contribution in [0.3, 0.4) is 0 Å².